The topological polar surface area (TPSA) is 54.1 Å². The van der Waals surface area contributed by atoms with E-state index in [9.17, 15) is 0 Å². The van der Waals surface area contributed by atoms with Crippen molar-refractivity contribution in [1.29, 1.82) is 0 Å². The van der Waals surface area contributed by atoms with Crippen LogP contribution in [-0.4, -0.2) is 288 Å². The standard InChI is InChI=1S/C11H24N2.C9H20N2.C9H19NO.3C9H19N.C8H17NO.C8H17N.C6H15N/c1-10(2)12-6-8-13(9-7-12)11(3,4)5;1-9(2,3)11-7-5-10(4)6-8-11;1-8-7-11-6-5-10(8)9(2,3)4;1-9(2,3)10(4)7-8-5-6-8;2*1-9(2,3)10-7-5-4-6-8-10;1-8(2,3)9-4-6-10-7-5-9;1-8(2,3)9-6-4-5-7-9;1-6(2,3)7(4)5/h10H,6-9H2,1-5H3;5-8H2,1-4H3;8H,5-7H2,1-4H3;8H,5-7H2,1-4H3;2*4-8H2,1-3H3;4-7H2,1-3H3;4-7H2,1-3H3;1-5H3. The highest BCUT2D eigenvalue weighted by atomic mass is 16.5. The number of likely N-dealkylation sites (tertiary alicyclic amines) is 3. The van der Waals surface area contributed by atoms with E-state index in [0.717, 1.165) is 52.0 Å². The maximum Gasteiger partial charge on any atom is 0.0620 e. The molecular weight excluding hydrogens is 1120 g/mol. The molecular formula is C78H169N11O2. The first-order valence-corrected chi connectivity index (χ1v) is 37.5. The fourth-order valence-corrected chi connectivity index (χ4v) is 11.8. The van der Waals surface area contributed by atoms with Crippen LogP contribution in [0.15, 0.2) is 0 Å². The zero-order valence-electron chi connectivity index (χ0n) is 68.6. The normalized spacial score (nSPS) is 22.7. The molecule has 1 unspecified atom stereocenters. The zero-order chi connectivity index (χ0) is 70.6. The maximum atomic E-state index is 5.37. The average molecular weight is 1290 g/mol. The number of hydrogen-bond acceptors (Lipinski definition) is 13. The van der Waals surface area contributed by atoms with Crippen molar-refractivity contribution in [3.05, 3.63) is 0 Å². The number of piperidine rings is 2. The van der Waals surface area contributed by atoms with Crippen molar-refractivity contribution < 1.29 is 9.47 Å². The second kappa shape index (κ2) is 41.8. The van der Waals surface area contributed by atoms with E-state index >= 15 is 0 Å². The van der Waals surface area contributed by atoms with Crippen molar-refractivity contribution in [3.63, 3.8) is 0 Å². The fourth-order valence-electron chi connectivity index (χ4n) is 11.8. The van der Waals surface area contributed by atoms with Gasteiger partial charge in [-0.25, -0.2) is 0 Å². The summed E-state index contributed by atoms with van der Waals surface area (Å²) in [6.07, 6.45) is 14.2. The number of piperazine rings is 2. The number of morpholine rings is 2. The summed E-state index contributed by atoms with van der Waals surface area (Å²) in [5.41, 5.74) is 3.25. The molecule has 7 heterocycles. The Kier molecular flexibility index (Phi) is 41.5. The minimum Gasteiger partial charge on any atom is -0.379 e. The van der Waals surface area contributed by atoms with Gasteiger partial charge in [0.05, 0.1) is 26.4 Å². The van der Waals surface area contributed by atoms with Gasteiger partial charge < -0.3 is 24.2 Å². The van der Waals surface area contributed by atoms with Gasteiger partial charge in [-0.2, -0.15) is 0 Å². The molecule has 548 valence electrons. The maximum absolute atomic E-state index is 5.37. The van der Waals surface area contributed by atoms with Crippen LogP contribution in [-0.2, 0) is 9.47 Å². The van der Waals surface area contributed by atoms with E-state index in [0.29, 0.717) is 61.9 Å². The molecule has 0 amide bonds. The SMILES string of the molecule is CC(C)(C)N1CCCC1.CC(C)(C)N1CCCCC1.CC(C)(C)N1CCCCC1.CC(C)(C)N1CCOCC1.CC(C)N1CCN(C(C)(C)C)CC1.CC1COCCN1C(C)(C)C.CN(C)C(C)(C)C.CN(CC1CC1)C(C)(C)C.CN1CCN(C(C)(C)C)CC1. The first-order chi connectivity index (χ1) is 41.3. The summed E-state index contributed by atoms with van der Waals surface area (Å²) in [4.78, 5) is 27.4. The third-order valence-corrected chi connectivity index (χ3v) is 20.0. The molecule has 13 heteroatoms. The lowest BCUT2D eigenvalue weighted by atomic mass is 10.0. The predicted molar refractivity (Wildman–Crippen MR) is 405 cm³/mol. The van der Waals surface area contributed by atoms with Crippen molar-refractivity contribution in [2.45, 2.75) is 334 Å². The Morgan fingerprint density at radius 2 is 0.637 bits per heavy atom. The molecule has 13 nitrogen and oxygen atoms in total. The van der Waals surface area contributed by atoms with Crippen LogP contribution in [0, 0.1) is 5.92 Å². The van der Waals surface area contributed by atoms with Crippen LogP contribution < -0.4 is 0 Å². The Morgan fingerprint density at radius 3 is 0.868 bits per heavy atom. The van der Waals surface area contributed by atoms with Gasteiger partial charge in [-0.05, 0) is 332 Å². The van der Waals surface area contributed by atoms with Crippen molar-refractivity contribution in [2.75, 3.05) is 172 Å². The molecule has 1 aliphatic carbocycles. The molecule has 8 aliphatic rings. The lowest BCUT2D eigenvalue weighted by molar-refractivity contribution is -0.0421. The van der Waals surface area contributed by atoms with Gasteiger partial charge >= 0.3 is 0 Å². The minimum atomic E-state index is 0.295. The summed E-state index contributed by atoms with van der Waals surface area (Å²) in [5.74, 6) is 1.02. The van der Waals surface area contributed by atoms with E-state index in [1.165, 1.54) is 162 Å². The first-order valence-electron chi connectivity index (χ1n) is 37.5. The van der Waals surface area contributed by atoms with Crippen LogP contribution in [0.2, 0.25) is 0 Å². The van der Waals surface area contributed by atoms with Gasteiger partial charge in [0.15, 0.2) is 0 Å². The average Bonchev–Trinajstić information content (AvgIpc) is 2.20. The highest BCUT2D eigenvalue weighted by Gasteiger charge is 2.31. The molecule has 0 spiro atoms. The van der Waals surface area contributed by atoms with E-state index in [-0.39, 0.29) is 0 Å². The largest absolute Gasteiger partial charge is 0.379 e. The number of rotatable bonds is 3. The summed E-state index contributed by atoms with van der Waals surface area (Å²) in [6.45, 7) is 93.9. The van der Waals surface area contributed by atoms with Crippen LogP contribution in [0.1, 0.15) is 272 Å². The molecule has 0 aromatic heterocycles. The van der Waals surface area contributed by atoms with Crippen molar-refractivity contribution in [1.82, 2.24) is 53.9 Å². The molecule has 7 aliphatic heterocycles. The van der Waals surface area contributed by atoms with Gasteiger partial charge in [0.25, 0.3) is 0 Å². The highest BCUT2D eigenvalue weighted by Crippen LogP contribution is 2.31. The Morgan fingerprint density at radius 1 is 0.352 bits per heavy atom. The van der Waals surface area contributed by atoms with Crippen molar-refractivity contribution in [3.8, 4) is 0 Å². The summed E-state index contributed by atoms with van der Waals surface area (Å²) in [6, 6.07) is 1.28. The van der Waals surface area contributed by atoms with Gasteiger partial charge in [-0.15, -0.1) is 0 Å². The summed E-state index contributed by atoms with van der Waals surface area (Å²) in [7, 11) is 8.58. The molecule has 0 bridgehead atoms. The highest BCUT2D eigenvalue weighted by molar-refractivity contribution is 4.87. The molecule has 91 heavy (non-hydrogen) atoms. The number of hydrogen-bond donors (Lipinski definition) is 0. The van der Waals surface area contributed by atoms with E-state index in [2.05, 4.69) is 290 Å². The Hall–Kier alpha value is -0.520. The van der Waals surface area contributed by atoms with Gasteiger partial charge in [0.2, 0.25) is 0 Å². The Balaban J connectivity index is 0.00000101. The van der Waals surface area contributed by atoms with Crippen LogP contribution in [0.4, 0.5) is 0 Å². The van der Waals surface area contributed by atoms with Crippen molar-refractivity contribution >= 4 is 0 Å². The molecule has 0 N–H and O–H groups in total. The Bertz CT molecular complexity index is 1690. The number of likely N-dealkylation sites (N-methyl/N-ethyl adjacent to an activating group) is 1. The van der Waals surface area contributed by atoms with E-state index < -0.39 is 0 Å². The summed E-state index contributed by atoms with van der Waals surface area (Å²) in [5, 5.41) is 0. The third kappa shape index (κ3) is 42.8. The summed E-state index contributed by atoms with van der Waals surface area (Å²) >= 11 is 0. The Labute approximate surface area is 572 Å². The predicted octanol–water partition coefficient (Wildman–Crippen LogP) is 15.4. The van der Waals surface area contributed by atoms with Crippen LogP contribution in [0.5, 0.6) is 0 Å². The molecule has 8 rings (SSSR count). The quantitative estimate of drug-likeness (QED) is 0.270. The number of nitrogens with zero attached hydrogens (tertiary/aromatic N) is 11. The summed E-state index contributed by atoms with van der Waals surface area (Å²) < 4.78 is 10.6. The number of ether oxygens (including phenoxy) is 2. The fraction of sp³-hybridized carbons (Fsp3) is 1.00. The van der Waals surface area contributed by atoms with Gasteiger partial charge in [0, 0.05) is 140 Å². The van der Waals surface area contributed by atoms with Gasteiger partial charge in [-0.3, -0.25) is 39.2 Å². The molecule has 8 fully saturated rings. The smallest absolute Gasteiger partial charge is 0.0620 e. The van der Waals surface area contributed by atoms with Crippen LogP contribution in [0.3, 0.4) is 0 Å². The van der Waals surface area contributed by atoms with Gasteiger partial charge in [-0.1, -0.05) is 12.8 Å². The van der Waals surface area contributed by atoms with Gasteiger partial charge in [0.1, 0.15) is 0 Å². The van der Waals surface area contributed by atoms with E-state index in [4.69, 9.17) is 9.47 Å². The lowest BCUT2D eigenvalue weighted by Crippen LogP contribution is -2.54. The minimum absolute atomic E-state index is 0.295. The zero-order valence-corrected chi connectivity index (χ0v) is 68.6. The molecule has 1 saturated carbocycles. The molecule has 0 aromatic rings. The monoisotopic (exact) mass is 1290 g/mol. The molecule has 0 aromatic carbocycles. The van der Waals surface area contributed by atoms with E-state index in [1.807, 2.05) is 0 Å². The van der Waals surface area contributed by atoms with Crippen LogP contribution in [0.25, 0.3) is 0 Å². The van der Waals surface area contributed by atoms with E-state index in [1.54, 1.807) is 0 Å². The molecule has 7 saturated heterocycles. The molecule has 1 atom stereocenters. The lowest BCUT2D eigenvalue weighted by Gasteiger charge is -2.43. The third-order valence-electron chi connectivity index (χ3n) is 20.0. The second-order valence-electron chi connectivity index (χ2n) is 37.7. The molecule has 0 radical (unpaired) electrons. The first kappa shape index (κ1) is 90.5. The van der Waals surface area contributed by atoms with Crippen molar-refractivity contribution in [2.24, 2.45) is 5.92 Å². The van der Waals surface area contributed by atoms with Crippen LogP contribution >= 0.6 is 0 Å². The second-order valence-corrected chi connectivity index (χ2v) is 37.7.